The lowest BCUT2D eigenvalue weighted by Crippen LogP contribution is -2.42. The number of amides is 1. The number of rotatable bonds is 7. The van der Waals surface area contributed by atoms with Crippen molar-refractivity contribution >= 4 is 5.91 Å². The van der Waals surface area contributed by atoms with E-state index >= 15 is 0 Å². The molecule has 1 fully saturated rings. The normalized spacial score (nSPS) is 15.9. The second-order valence-electron chi connectivity index (χ2n) is 6.12. The number of nitrogens with zero attached hydrogens (tertiary/aromatic N) is 1. The molecule has 1 N–H and O–H groups in total. The molecule has 1 aromatic rings. The highest BCUT2D eigenvalue weighted by Crippen LogP contribution is 2.27. The number of likely N-dealkylation sites (N-methyl/N-ethyl adjacent to an activating group) is 1. The first-order chi connectivity index (χ1) is 9.56. The second kappa shape index (κ2) is 6.89. The van der Waals surface area contributed by atoms with Crippen LogP contribution in [0.2, 0.25) is 0 Å². The van der Waals surface area contributed by atoms with Gasteiger partial charge in [-0.15, -0.1) is 0 Å². The van der Waals surface area contributed by atoms with Crippen molar-refractivity contribution in [3.63, 3.8) is 0 Å². The molecule has 110 valence electrons. The third-order valence-corrected chi connectivity index (χ3v) is 4.11. The number of aryl methyl sites for hydroxylation is 1. The van der Waals surface area contributed by atoms with E-state index in [2.05, 4.69) is 43.4 Å². The highest BCUT2D eigenvalue weighted by molar-refractivity contribution is 5.78. The van der Waals surface area contributed by atoms with E-state index < -0.39 is 0 Å². The Kier molecular flexibility index (Phi) is 5.18. The van der Waals surface area contributed by atoms with Crippen LogP contribution in [-0.4, -0.2) is 37.0 Å². The molecule has 1 aliphatic rings. The molecule has 0 saturated heterocycles. The standard InChI is InChI=1S/C17H26N2O/c1-13-4-6-15(7-5-13)10-14(2)19(3)17(20)12-18-11-16-8-9-16/h4-7,14,16,18H,8-12H2,1-3H3. The van der Waals surface area contributed by atoms with Crippen molar-refractivity contribution < 1.29 is 4.79 Å². The van der Waals surface area contributed by atoms with E-state index in [1.165, 1.54) is 24.0 Å². The SMILES string of the molecule is Cc1ccc(CC(C)N(C)C(=O)CNCC2CC2)cc1. The van der Waals surface area contributed by atoms with Gasteiger partial charge in [-0.2, -0.15) is 0 Å². The predicted molar refractivity (Wildman–Crippen MR) is 82.7 cm³/mol. The van der Waals surface area contributed by atoms with Crippen LogP contribution in [0.5, 0.6) is 0 Å². The number of hydrogen-bond acceptors (Lipinski definition) is 2. The van der Waals surface area contributed by atoms with Crippen molar-refractivity contribution in [3.8, 4) is 0 Å². The summed E-state index contributed by atoms with van der Waals surface area (Å²) in [6, 6.07) is 8.78. The minimum Gasteiger partial charge on any atom is -0.342 e. The lowest BCUT2D eigenvalue weighted by molar-refractivity contribution is -0.130. The Balaban J connectivity index is 1.75. The number of carbonyl (C=O) groups is 1. The maximum absolute atomic E-state index is 12.1. The fourth-order valence-corrected chi connectivity index (χ4v) is 2.28. The summed E-state index contributed by atoms with van der Waals surface area (Å²) in [4.78, 5) is 14.0. The van der Waals surface area contributed by atoms with Crippen molar-refractivity contribution in [3.05, 3.63) is 35.4 Å². The number of benzene rings is 1. The maximum Gasteiger partial charge on any atom is 0.236 e. The summed E-state index contributed by atoms with van der Waals surface area (Å²) in [5, 5.41) is 3.26. The van der Waals surface area contributed by atoms with Crippen LogP contribution in [0.4, 0.5) is 0 Å². The Morgan fingerprint density at radius 1 is 1.35 bits per heavy atom. The van der Waals surface area contributed by atoms with Crippen LogP contribution in [-0.2, 0) is 11.2 Å². The van der Waals surface area contributed by atoms with Gasteiger partial charge in [0.1, 0.15) is 0 Å². The van der Waals surface area contributed by atoms with Crippen molar-refractivity contribution in [2.24, 2.45) is 5.92 Å². The summed E-state index contributed by atoms with van der Waals surface area (Å²) in [5.41, 5.74) is 2.56. The maximum atomic E-state index is 12.1. The van der Waals surface area contributed by atoms with Crippen LogP contribution in [0.1, 0.15) is 30.9 Å². The molecule has 0 radical (unpaired) electrons. The van der Waals surface area contributed by atoms with Gasteiger partial charge in [0.2, 0.25) is 5.91 Å². The molecule has 0 aromatic heterocycles. The molecule has 0 spiro atoms. The number of hydrogen-bond donors (Lipinski definition) is 1. The Morgan fingerprint density at radius 3 is 2.60 bits per heavy atom. The van der Waals surface area contributed by atoms with Crippen LogP contribution in [0.25, 0.3) is 0 Å². The summed E-state index contributed by atoms with van der Waals surface area (Å²) in [5.74, 6) is 1.00. The largest absolute Gasteiger partial charge is 0.342 e. The molecule has 1 atom stereocenters. The summed E-state index contributed by atoms with van der Waals surface area (Å²) >= 11 is 0. The molecular weight excluding hydrogens is 248 g/mol. The highest BCUT2D eigenvalue weighted by Gasteiger charge is 2.21. The van der Waals surface area contributed by atoms with E-state index in [0.717, 1.165) is 18.9 Å². The minimum atomic E-state index is 0.185. The molecule has 1 saturated carbocycles. The van der Waals surface area contributed by atoms with Gasteiger partial charge in [-0.3, -0.25) is 4.79 Å². The van der Waals surface area contributed by atoms with Crippen molar-refractivity contribution in [1.82, 2.24) is 10.2 Å². The highest BCUT2D eigenvalue weighted by atomic mass is 16.2. The topological polar surface area (TPSA) is 32.3 Å². The van der Waals surface area contributed by atoms with Gasteiger partial charge in [-0.25, -0.2) is 0 Å². The lowest BCUT2D eigenvalue weighted by atomic mass is 10.0. The molecule has 0 bridgehead atoms. The zero-order valence-electron chi connectivity index (χ0n) is 12.9. The van der Waals surface area contributed by atoms with E-state index in [4.69, 9.17) is 0 Å². The zero-order chi connectivity index (χ0) is 14.5. The van der Waals surface area contributed by atoms with Gasteiger partial charge in [0.05, 0.1) is 6.54 Å². The molecule has 20 heavy (non-hydrogen) atoms. The van der Waals surface area contributed by atoms with Gasteiger partial charge < -0.3 is 10.2 Å². The molecule has 0 heterocycles. The summed E-state index contributed by atoms with van der Waals surface area (Å²) in [6.45, 7) is 5.66. The van der Waals surface area contributed by atoms with Gasteiger partial charge >= 0.3 is 0 Å². The van der Waals surface area contributed by atoms with Gasteiger partial charge in [0, 0.05) is 13.1 Å². The van der Waals surface area contributed by atoms with Crippen LogP contribution in [0.3, 0.4) is 0 Å². The van der Waals surface area contributed by atoms with Crippen molar-refractivity contribution in [2.75, 3.05) is 20.1 Å². The Labute approximate surface area is 122 Å². The first-order valence-corrected chi connectivity index (χ1v) is 7.58. The van der Waals surface area contributed by atoms with E-state index in [-0.39, 0.29) is 11.9 Å². The van der Waals surface area contributed by atoms with Crippen molar-refractivity contribution in [2.45, 2.75) is 39.2 Å². The van der Waals surface area contributed by atoms with E-state index in [1.807, 2.05) is 11.9 Å². The monoisotopic (exact) mass is 274 g/mol. The fourth-order valence-electron chi connectivity index (χ4n) is 2.28. The average molecular weight is 274 g/mol. The smallest absolute Gasteiger partial charge is 0.236 e. The molecule has 1 amide bonds. The van der Waals surface area contributed by atoms with Crippen molar-refractivity contribution in [1.29, 1.82) is 0 Å². The van der Waals surface area contributed by atoms with Crippen LogP contribution in [0, 0.1) is 12.8 Å². The summed E-state index contributed by atoms with van der Waals surface area (Å²) in [6.07, 6.45) is 3.55. The van der Waals surface area contributed by atoms with Gasteiger partial charge in [-0.05, 0) is 51.1 Å². The second-order valence-corrected chi connectivity index (χ2v) is 6.12. The minimum absolute atomic E-state index is 0.185. The Bertz CT molecular complexity index is 437. The zero-order valence-corrected chi connectivity index (χ0v) is 12.9. The molecule has 2 rings (SSSR count). The third-order valence-electron chi connectivity index (χ3n) is 4.11. The quantitative estimate of drug-likeness (QED) is 0.828. The van der Waals surface area contributed by atoms with Gasteiger partial charge in [0.15, 0.2) is 0 Å². The van der Waals surface area contributed by atoms with Crippen LogP contribution >= 0.6 is 0 Å². The summed E-state index contributed by atoms with van der Waals surface area (Å²) in [7, 11) is 1.90. The first-order valence-electron chi connectivity index (χ1n) is 7.58. The van der Waals surface area contributed by atoms with Crippen LogP contribution < -0.4 is 5.32 Å². The van der Waals surface area contributed by atoms with E-state index in [0.29, 0.717) is 6.54 Å². The van der Waals surface area contributed by atoms with Gasteiger partial charge in [-0.1, -0.05) is 29.8 Å². The molecule has 1 aromatic carbocycles. The Hall–Kier alpha value is -1.35. The fraction of sp³-hybridized carbons (Fsp3) is 0.588. The third kappa shape index (κ3) is 4.64. The van der Waals surface area contributed by atoms with E-state index in [9.17, 15) is 4.79 Å². The molecule has 0 aliphatic heterocycles. The summed E-state index contributed by atoms with van der Waals surface area (Å²) < 4.78 is 0. The lowest BCUT2D eigenvalue weighted by Gasteiger charge is -2.25. The average Bonchev–Trinajstić information content (AvgIpc) is 3.24. The van der Waals surface area contributed by atoms with Gasteiger partial charge in [0.25, 0.3) is 0 Å². The number of carbonyl (C=O) groups excluding carboxylic acids is 1. The molecular formula is C17H26N2O. The molecule has 1 unspecified atom stereocenters. The molecule has 1 aliphatic carbocycles. The molecule has 3 heteroatoms. The Morgan fingerprint density at radius 2 is 2.00 bits per heavy atom. The predicted octanol–water partition coefficient (Wildman–Crippen LogP) is 2.38. The molecule has 3 nitrogen and oxygen atoms in total. The number of nitrogens with one attached hydrogen (secondary N) is 1. The van der Waals surface area contributed by atoms with Crippen LogP contribution in [0.15, 0.2) is 24.3 Å². The van der Waals surface area contributed by atoms with E-state index in [1.54, 1.807) is 0 Å². The first kappa shape index (κ1) is 15.0.